The lowest BCUT2D eigenvalue weighted by atomic mass is 9.83. The number of aromatic nitrogens is 3. The number of nitrogens with one attached hydrogen (secondary N) is 1. The smallest absolute Gasteiger partial charge is 0.350 e. The number of halogens is 3. The van der Waals surface area contributed by atoms with E-state index in [1.54, 1.807) is 49.4 Å². The van der Waals surface area contributed by atoms with Crippen molar-refractivity contribution >= 4 is 17.2 Å². The summed E-state index contributed by atoms with van der Waals surface area (Å²) < 4.78 is 40.5. The Morgan fingerprint density at radius 3 is 2.61 bits per heavy atom. The lowest BCUT2D eigenvalue weighted by molar-refractivity contribution is -0.137. The monoisotopic (exact) mass is 408 g/mol. The van der Waals surface area contributed by atoms with Gasteiger partial charge in [0.15, 0.2) is 0 Å². The minimum absolute atomic E-state index is 0.174. The van der Waals surface area contributed by atoms with E-state index in [2.05, 4.69) is 15.4 Å². The van der Waals surface area contributed by atoms with Gasteiger partial charge in [-0.15, -0.1) is 11.3 Å². The molecule has 0 aliphatic heterocycles. The van der Waals surface area contributed by atoms with Gasteiger partial charge in [-0.2, -0.15) is 18.3 Å². The van der Waals surface area contributed by atoms with E-state index in [9.17, 15) is 18.0 Å². The molecule has 28 heavy (non-hydrogen) atoms. The van der Waals surface area contributed by atoms with Gasteiger partial charge in [-0.05, 0) is 11.6 Å². The van der Waals surface area contributed by atoms with Crippen molar-refractivity contribution in [3.05, 3.63) is 58.9 Å². The van der Waals surface area contributed by atoms with Gasteiger partial charge in [0.1, 0.15) is 10.7 Å². The molecule has 1 aromatic carbocycles. The molecule has 0 bridgehead atoms. The maximum atomic E-state index is 13.0. The van der Waals surface area contributed by atoms with Crippen LogP contribution < -0.4 is 5.32 Å². The summed E-state index contributed by atoms with van der Waals surface area (Å²) in [4.78, 5) is 16.7. The van der Waals surface area contributed by atoms with Crippen molar-refractivity contribution in [3.63, 3.8) is 0 Å². The number of hydrogen-bond donors (Lipinski definition) is 1. The largest absolute Gasteiger partial charge is 0.416 e. The summed E-state index contributed by atoms with van der Waals surface area (Å²) in [5, 5.41) is 9.17. The summed E-state index contributed by atoms with van der Waals surface area (Å²) in [6, 6.07) is 5.16. The van der Waals surface area contributed by atoms with Crippen LogP contribution in [0.1, 0.15) is 35.5 Å². The molecule has 0 spiro atoms. The number of hydrogen-bond acceptors (Lipinski definition) is 4. The molecule has 0 fully saturated rings. The topological polar surface area (TPSA) is 59.8 Å². The molecule has 0 atom stereocenters. The maximum absolute atomic E-state index is 13.0. The second kappa shape index (κ2) is 7.38. The minimum Gasteiger partial charge on any atom is -0.350 e. The third-order valence-corrected chi connectivity index (χ3v) is 5.24. The Balaban J connectivity index is 1.69. The SMILES string of the molecule is Cn1cc(-c2nc(C(=O)NCC(C)(C)c3cccc(C(F)(F)F)c3)cs2)cn1. The minimum atomic E-state index is -4.40. The van der Waals surface area contributed by atoms with E-state index in [1.165, 1.54) is 17.4 Å². The number of rotatable bonds is 5. The maximum Gasteiger partial charge on any atom is 0.416 e. The highest BCUT2D eigenvalue weighted by Crippen LogP contribution is 2.32. The van der Waals surface area contributed by atoms with E-state index in [1.807, 2.05) is 0 Å². The number of nitrogens with zero attached hydrogens (tertiary/aromatic N) is 3. The molecule has 0 radical (unpaired) electrons. The van der Waals surface area contributed by atoms with Crippen LogP contribution in [-0.2, 0) is 18.6 Å². The number of amides is 1. The van der Waals surface area contributed by atoms with Crippen molar-refractivity contribution in [2.45, 2.75) is 25.4 Å². The summed E-state index contributed by atoms with van der Waals surface area (Å²) in [7, 11) is 1.79. The van der Waals surface area contributed by atoms with Gasteiger partial charge in [0, 0.05) is 36.1 Å². The average molecular weight is 408 g/mol. The first-order valence-corrected chi connectivity index (χ1v) is 9.35. The van der Waals surface area contributed by atoms with Gasteiger partial charge in [-0.25, -0.2) is 4.98 Å². The molecule has 2 heterocycles. The first-order valence-electron chi connectivity index (χ1n) is 8.47. The molecule has 1 N–H and O–H groups in total. The fourth-order valence-electron chi connectivity index (χ4n) is 2.65. The van der Waals surface area contributed by atoms with E-state index in [-0.39, 0.29) is 18.1 Å². The first kappa shape index (κ1) is 20.1. The van der Waals surface area contributed by atoms with E-state index in [0.717, 1.165) is 17.7 Å². The van der Waals surface area contributed by atoms with Crippen molar-refractivity contribution < 1.29 is 18.0 Å². The zero-order valence-corrected chi connectivity index (χ0v) is 16.4. The molecule has 0 aliphatic carbocycles. The number of alkyl halides is 3. The molecule has 2 aromatic heterocycles. The third kappa shape index (κ3) is 4.41. The number of benzene rings is 1. The third-order valence-electron chi connectivity index (χ3n) is 4.35. The molecule has 5 nitrogen and oxygen atoms in total. The average Bonchev–Trinajstić information content (AvgIpc) is 3.28. The van der Waals surface area contributed by atoms with Gasteiger partial charge >= 0.3 is 6.18 Å². The number of thiazole rings is 1. The molecule has 9 heteroatoms. The van der Waals surface area contributed by atoms with Crippen molar-refractivity contribution in [1.82, 2.24) is 20.1 Å². The van der Waals surface area contributed by atoms with Crippen LogP contribution in [0.5, 0.6) is 0 Å². The normalized spacial score (nSPS) is 12.2. The van der Waals surface area contributed by atoms with Gasteiger partial charge in [-0.1, -0.05) is 32.0 Å². The number of carbonyl (C=O) groups is 1. The van der Waals surface area contributed by atoms with Crippen LogP contribution >= 0.6 is 11.3 Å². The molecule has 0 saturated heterocycles. The zero-order valence-electron chi connectivity index (χ0n) is 15.5. The van der Waals surface area contributed by atoms with Crippen molar-refractivity contribution in [1.29, 1.82) is 0 Å². The quantitative estimate of drug-likeness (QED) is 0.686. The first-order chi connectivity index (χ1) is 13.1. The van der Waals surface area contributed by atoms with Crippen LogP contribution in [0.3, 0.4) is 0 Å². The Kier molecular flexibility index (Phi) is 5.29. The van der Waals surface area contributed by atoms with Crippen LogP contribution in [0.2, 0.25) is 0 Å². The van der Waals surface area contributed by atoms with Gasteiger partial charge < -0.3 is 5.32 Å². The summed E-state index contributed by atoms with van der Waals surface area (Å²) in [6.07, 6.45) is -0.937. The second-order valence-corrected chi connectivity index (χ2v) is 7.94. The standard InChI is InChI=1S/C19H19F3N4OS/c1-18(2,13-5-4-6-14(7-13)19(20,21)22)11-23-16(27)15-10-28-17(25-15)12-8-24-26(3)9-12/h4-10H,11H2,1-3H3,(H,23,27). The number of aryl methyl sites for hydroxylation is 1. The van der Waals surface area contributed by atoms with Crippen molar-refractivity contribution in [2.75, 3.05) is 6.54 Å². The summed E-state index contributed by atoms with van der Waals surface area (Å²) in [5.74, 6) is -0.369. The summed E-state index contributed by atoms with van der Waals surface area (Å²) >= 11 is 1.33. The van der Waals surface area contributed by atoms with Crippen LogP contribution in [0.25, 0.3) is 10.6 Å². The van der Waals surface area contributed by atoms with E-state index >= 15 is 0 Å². The Morgan fingerprint density at radius 1 is 1.25 bits per heavy atom. The molecule has 3 aromatic rings. The van der Waals surface area contributed by atoms with Crippen LogP contribution in [0.4, 0.5) is 13.2 Å². The Morgan fingerprint density at radius 2 is 1.96 bits per heavy atom. The summed E-state index contributed by atoms with van der Waals surface area (Å²) in [5.41, 5.74) is 0.195. The van der Waals surface area contributed by atoms with Gasteiger partial charge in [0.25, 0.3) is 5.91 Å². The van der Waals surface area contributed by atoms with E-state index in [0.29, 0.717) is 10.6 Å². The predicted molar refractivity (Wildman–Crippen MR) is 101 cm³/mol. The molecule has 148 valence electrons. The fourth-order valence-corrected chi connectivity index (χ4v) is 3.43. The number of carbonyl (C=O) groups excluding carboxylic acids is 1. The highest BCUT2D eigenvalue weighted by atomic mass is 32.1. The molecular weight excluding hydrogens is 389 g/mol. The van der Waals surface area contributed by atoms with Gasteiger partial charge in [-0.3, -0.25) is 9.48 Å². The molecule has 0 saturated carbocycles. The molecule has 1 amide bonds. The lowest BCUT2D eigenvalue weighted by Gasteiger charge is -2.26. The molecule has 0 unspecified atom stereocenters. The molecule has 3 rings (SSSR count). The van der Waals surface area contributed by atoms with Crippen molar-refractivity contribution in [3.8, 4) is 10.6 Å². The van der Waals surface area contributed by atoms with E-state index < -0.39 is 17.2 Å². The van der Waals surface area contributed by atoms with Gasteiger partial charge in [0.05, 0.1) is 11.8 Å². The van der Waals surface area contributed by atoms with Crippen molar-refractivity contribution in [2.24, 2.45) is 7.05 Å². The predicted octanol–water partition coefficient (Wildman–Crippen LogP) is 4.27. The Hall–Kier alpha value is -2.68. The fraction of sp³-hybridized carbons (Fsp3) is 0.316. The molecular formula is C19H19F3N4OS. The zero-order chi connectivity index (χ0) is 20.5. The van der Waals surface area contributed by atoms with E-state index in [4.69, 9.17) is 0 Å². The highest BCUT2D eigenvalue weighted by molar-refractivity contribution is 7.13. The Bertz CT molecular complexity index is 991. The summed E-state index contributed by atoms with van der Waals surface area (Å²) in [6.45, 7) is 3.74. The second-order valence-electron chi connectivity index (χ2n) is 7.09. The van der Waals surface area contributed by atoms with Crippen LogP contribution in [-0.4, -0.2) is 27.2 Å². The van der Waals surface area contributed by atoms with Crippen LogP contribution in [0.15, 0.2) is 42.0 Å². The van der Waals surface area contributed by atoms with Crippen LogP contribution in [0, 0.1) is 0 Å². The lowest BCUT2D eigenvalue weighted by Crippen LogP contribution is -2.37. The Labute approximate surface area is 164 Å². The molecule has 0 aliphatic rings. The van der Waals surface area contributed by atoms with Gasteiger partial charge in [0.2, 0.25) is 0 Å². The highest BCUT2D eigenvalue weighted by Gasteiger charge is 2.32.